The SMILES string of the molecule is C=Cc1cccnc1C1(C#N)CCN(Cc2cc(C(=O)OCC)c(=O)n3ccccc23)CC1. The highest BCUT2D eigenvalue weighted by Gasteiger charge is 2.39. The molecule has 1 aliphatic rings. The Hall–Kier alpha value is -3.76. The summed E-state index contributed by atoms with van der Waals surface area (Å²) < 4.78 is 6.59. The first-order chi connectivity index (χ1) is 16.0. The van der Waals surface area contributed by atoms with Gasteiger partial charge in [0.25, 0.3) is 5.56 Å². The van der Waals surface area contributed by atoms with Gasteiger partial charge in [0, 0.05) is 32.0 Å². The van der Waals surface area contributed by atoms with Gasteiger partial charge in [-0.05, 0) is 55.2 Å². The molecule has 7 nitrogen and oxygen atoms in total. The van der Waals surface area contributed by atoms with Crippen LogP contribution >= 0.6 is 0 Å². The number of aromatic nitrogens is 2. The first kappa shape index (κ1) is 22.4. The van der Waals surface area contributed by atoms with Crippen molar-refractivity contribution in [2.45, 2.75) is 31.7 Å². The number of piperidine rings is 1. The molecular formula is C26H26N4O3. The van der Waals surface area contributed by atoms with Crippen LogP contribution in [0.3, 0.4) is 0 Å². The van der Waals surface area contributed by atoms with Gasteiger partial charge < -0.3 is 4.74 Å². The van der Waals surface area contributed by atoms with E-state index < -0.39 is 11.4 Å². The van der Waals surface area contributed by atoms with E-state index in [1.807, 2.05) is 24.3 Å². The van der Waals surface area contributed by atoms with E-state index in [9.17, 15) is 14.9 Å². The number of carbonyl (C=O) groups is 1. The summed E-state index contributed by atoms with van der Waals surface area (Å²) in [5.41, 5.74) is 2.28. The fourth-order valence-corrected chi connectivity index (χ4v) is 4.52. The van der Waals surface area contributed by atoms with E-state index in [1.165, 1.54) is 4.40 Å². The van der Waals surface area contributed by atoms with Gasteiger partial charge in [-0.3, -0.25) is 19.1 Å². The first-order valence-corrected chi connectivity index (χ1v) is 11.0. The molecule has 4 rings (SSSR count). The molecule has 0 saturated carbocycles. The molecule has 7 heteroatoms. The van der Waals surface area contributed by atoms with E-state index in [0.717, 1.165) is 22.3 Å². The summed E-state index contributed by atoms with van der Waals surface area (Å²) in [7, 11) is 0. The third-order valence-corrected chi connectivity index (χ3v) is 6.28. The van der Waals surface area contributed by atoms with Gasteiger partial charge in [-0.15, -0.1) is 0 Å². The van der Waals surface area contributed by atoms with Crippen molar-refractivity contribution < 1.29 is 9.53 Å². The van der Waals surface area contributed by atoms with Crippen molar-refractivity contribution in [1.29, 1.82) is 5.26 Å². The minimum Gasteiger partial charge on any atom is -0.462 e. The molecule has 4 heterocycles. The van der Waals surface area contributed by atoms with Crippen LogP contribution in [0.1, 0.15) is 46.9 Å². The number of nitrogens with zero attached hydrogens (tertiary/aromatic N) is 4. The molecule has 3 aromatic rings. The molecule has 0 N–H and O–H groups in total. The molecule has 0 unspecified atom stereocenters. The minimum atomic E-state index is -0.660. The largest absolute Gasteiger partial charge is 0.462 e. The Bertz CT molecular complexity index is 1300. The van der Waals surface area contributed by atoms with Crippen LogP contribution in [-0.2, 0) is 16.7 Å². The molecule has 0 bridgehead atoms. The number of hydrogen-bond donors (Lipinski definition) is 0. The van der Waals surface area contributed by atoms with Gasteiger partial charge in [0.15, 0.2) is 0 Å². The molecule has 0 aliphatic carbocycles. The Kier molecular flexibility index (Phi) is 6.38. The summed E-state index contributed by atoms with van der Waals surface area (Å²) in [5, 5.41) is 10.1. The van der Waals surface area contributed by atoms with Crippen molar-refractivity contribution >= 4 is 17.6 Å². The van der Waals surface area contributed by atoms with E-state index in [-0.39, 0.29) is 17.7 Å². The van der Waals surface area contributed by atoms with Crippen molar-refractivity contribution in [1.82, 2.24) is 14.3 Å². The summed E-state index contributed by atoms with van der Waals surface area (Å²) in [6.45, 7) is 7.72. The van der Waals surface area contributed by atoms with Crippen molar-refractivity contribution in [2.24, 2.45) is 0 Å². The van der Waals surface area contributed by atoms with Crippen molar-refractivity contribution in [2.75, 3.05) is 19.7 Å². The maximum absolute atomic E-state index is 12.8. The highest BCUT2D eigenvalue weighted by atomic mass is 16.5. The number of nitriles is 1. The molecule has 0 radical (unpaired) electrons. The fraction of sp³-hybridized carbons (Fsp3) is 0.308. The minimum absolute atomic E-state index is 0.0306. The van der Waals surface area contributed by atoms with Crippen LogP contribution in [0.5, 0.6) is 0 Å². The molecule has 3 aromatic heterocycles. The number of carbonyl (C=O) groups excluding carboxylic acids is 1. The normalized spacial score (nSPS) is 15.6. The standard InChI is InChI=1S/C26H26N4O3/c1-3-19-8-7-12-28-23(19)26(18-27)10-14-29(15-11-26)17-20-16-21(25(32)33-4-2)24(31)30-13-6-5-9-22(20)30/h3,5-9,12-13,16H,1,4,10-11,14-15,17H2,2H3. The number of likely N-dealkylation sites (tertiary alicyclic amines) is 1. The molecule has 33 heavy (non-hydrogen) atoms. The Morgan fingerprint density at radius 2 is 2.09 bits per heavy atom. The summed E-state index contributed by atoms with van der Waals surface area (Å²) in [4.78, 5) is 32.0. The fourth-order valence-electron chi connectivity index (χ4n) is 4.52. The van der Waals surface area contributed by atoms with Crippen LogP contribution in [0.2, 0.25) is 0 Å². The lowest BCUT2D eigenvalue weighted by molar-refractivity contribution is 0.0524. The van der Waals surface area contributed by atoms with Crippen molar-refractivity contribution in [3.05, 3.63) is 88.1 Å². The van der Waals surface area contributed by atoms with Gasteiger partial charge in [-0.1, -0.05) is 24.8 Å². The summed E-state index contributed by atoms with van der Waals surface area (Å²) >= 11 is 0. The summed E-state index contributed by atoms with van der Waals surface area (Å²) in [5.74, 6) is -0.615. The topological polar surface area (TPSA) is 87.7 Å². The second-order valence-electron chi connectivity index (χ2n) is 8.18. The summed E-state index contributed by atoms with van der Waals surface area (Å²) in [6.07, 6.45) is 6.41. The highest BCUT2D eigenvalue weighted by molar-refractivity contribution is 5.90. The second kappa shape index (κ2) is 9.39. The number of rotatable bonds is 6. The first-order valence-electron chi connectivity index (χ1n) is 11.0. The molecular weight excluding hydrogens is 416 g/mol. The smallest absolute Gasteiger partial charge is 0.343 e. The van der Waals surface area contributed by atoms with Gasteiger partial charge in [0.2, 0.25) is 0 Å². The Morgan fingerprint density at radius 1 is 1.30 bits per heavy atom. The molecule has 0 spiro atoms. The number of ether oxygens (including phenoxy) is 1. The van der Waals surface area contributed by atoms with E-state index in [2.05, 4.69) is 22.5 Å². The maximum Gasteiger partial charge on any atom is 0.343 e. The van der Waals surface area contributed by atoms with Crippen LogP contribution in [0.15, 0.2) is 60.2 Å². The predicted octanol–water partition coefficient (Wildman–Crippen LogP) is 3.57. The van der Waals surface area contributed by atoms with Gasteiger partial charge in [0.1, 0.15) is 11.0 Å². The van der Waals surface area contributed by atoms with Crippen LogP contribution in [0.25, 0.3) is 11.6 Å². The molecule has 168 valence electrons. The Balaban J connectivity index is 1.62. The van der Waals surface area contributed by atoms with E-state index in [4.69, 9.17) is 4.74 Å². The van der Waals surface area contributed by atoms with Gasteiger partial charge >= 0.3 is 5.97 Å². The highest BCUT2D eigenvalue weighted by Crippen LogP contribution is 2.36. The lowest BCUT2D eigenvalue weighted by Gasteiger charge is -2.37. The number of pyridine rings is 3. The lowest BCUT2D eigenvalue weighted by Crippen LogP contribution is -2.42. The van der Waals surface area contributed by atoms with E-state index in [0.29, 0.717) is 32.5 Å². The van der Waals surface area contributed by atoms with E-state index >= 15 is 0 Å². The monoisotopic (exact) mass is 442 g/mol. The zero-order chi connectivity index (χ0) is 23.4. The average Bonchev–Trinajstić information content (AvgIpc) is 2.86. The van der Waals surface area contributed by atoms with Crippen molar-refractivity contribution in [3.63, 3.8) is 0 Å². The van der Waals surface area contributed by atoms with E-state index in [1.54, 1.807) is 37.5 Å². The zero-order valence-electron chi connectivity index (χ0n) is 18.7. The predicted molar refractivity (Wildman–Crippen MR) is 126 cm³/mol. The number of esters is 1. The molecule has 0 aromatic carbocycles. The second-order valence-corrected chi connectivity index (χ2v) is 8.18. The molecule has 0 atom stereocenters. The van der Waals surface area contributed by atoms with Crippen LogP contribution in [0, 0.1) is 11.3 Å². The van der Waals surface area contributed by atoms with Gasteiger partial charge in [0.05, 0.1) is 23.9 Å². The maximum atomic E-state index is 12.8. The molecule has 1 fully saturated rings. The Morgan fingerprint density at radius 3 is 2.79 bits per heavy atom. The molecule has 1 saturated heterocycles. The third kappa shape index (κ3) is 4.18. The third-order valence-electron chi connectivity index (χ3n) is 6.28. The quantitative estimate of drug-likeness (QED) is 0.543. The number of fused-ring (bicyclic) bond motifs is 1. The number of hydrogen-bond acceptors (Lipinski definition) is 6. The molecule has 1 aliphatic heterocycles. The van der Waals surface area contributed by atoms with Crippen LogP contribution in [0.4, 0.5) is 0 Å². The summed E-state index contributed by atoms with van der Waals surface area (Å²) in [6, 6.07) is 13.5. The van der Waals surface area contributed by atoms with Crippen LogP contribution < -0.4 is 5.56 Å². The zero-order valence-corrected chi connectivity index (χ0v) is 18.7. The van der Waals surface area contributed by atoms with Gasteiger partial charge in [-0.25, -0.2) is 4.79 Å². The lowest BCUT2D eigenvalue weighted by atomic mass is 9.75. The molecule has 0 amide bonds. The van der Waals surface area contributed by atoms with Crippen LogP contribution in [-0.4, -0.2) is 40.0 Å². The average molecular weight is 443 g/mol. The van der Waals surface area contributed by atoms with Crippen molar-refractivity contribution in [3.8, 4) is 6.07 Å². The van der Waals surface area contributed by atoms with Gasteiger partial charge in [-0.2, -0.15) is 5.26 Å². The Labute approximate surface area is 192 Å².